The third-order valence-electron chi connectivity index (χ3n) is 2.89. The molecule has 0 aliphatic heterocycles. The molecule has 0 N–H and O–H groups in total. The maximum Gasteiger partial charge on any atom is 1.00 e. The van der Waals surface area contributed by atoms with Gasteiger partial charge in [-0.3, -0.25) is 0 Å². The number of aliphatic carboxylic acids is 1. The van der Waals surface area contributed by atoms with Crippen molar-refractivity contribution < 1.29 is 39.5 Å². The average molecular weight is 236 g/mol. The van der Waals surface area contributed by atoms with Gasteiger partial charge < -0.3 is 9.90 Å². The van der Waals surface area contributed by atoms with Gasteiger partial charge in [-0.1, -0.05) is 49.4 Å². The van der Waals surface area contributed by atoms with Gasteiger partial charge in [0.2, 0.25) is 0 Å². The van der Waals surface area contributed by atoms with Gasteiger partial charge in [-0.05, 0) is 22.8 Å². The Labute approximate surface area is 123 Å². The van der Waals surface area contributed by atoms with Crippen LogP contribution in [0.5, 0.6) is 0 Å². The number of fused-ring (bicyclic) bond motifs is 1. The van der Waals surface area contributed by atoms with Crippen molar-refractivity contribution >= 4 is 16.7 Å². The van der Waals surface area contributed by atoms with Crippen LogP contribution in [0.25, 0.3) is 10.8 Å². The van der Waals surface area contributed by atoms with E-state index in [9.17, 15) is 9.90 Å². The fourth-order valence-electron chi connectivity index (χ4n) is 2.07. The number of hydrogen-bond donors (Lipinski definition) is 0. The van der Waals surface area contributed by atoms with Crippen LogP contribution < -0.4 is 34.7 Å². The first-order chi connectivity index (χ1) is 7.74. The van der Waals surface area contributed by atoms with Crippen molar-refractivity contribution in [3.63, 3.8) is 0 Å². The zero-order valence-electron chi connectivity index (χ0n) is 10.1. The number of rotatable bonds is 3. The Morgan fingerprint density at radius 1 is 1.18 bits per heavy atom. The smallest absolute Gasteiger partial charge is 0.549 e. The topological polar surface area (TPSA) is 40.1 Å². The van der Waals surface area contributed by atoms with E-state index in [1.807, 2.05) is 49.4 Å². The molecule has 3 heteroatoms. The summed E-state index contributed by atoms with van der Waals surface area (Å²) in [6.45, 7) is 1.86. The molecule has 1 unspecified atom stereocenters. The second kappa shape index (κ2) is 6.20. The van der Waals surface area contributed by atoms with Crippen molar-refractivity contribution in [2.24, 2.45) is 0 Å². The molecular weight excluding hydrogens is 223 g/mol. The maximum absolute atomic E-state index is 11.1. The standard InChI is InChI=1S/C14H14O2.Na/c1-2-11(14(15)16)13-9-5-7-10-6-3-4-8-12(10)13;/h3-9,11H,2H2,1H3,(H,15,16);/q;+1/p-1. The molecule has 17 heavy (non-hydrogen) atoms. The molecule has 2 aromatic carbocycles. The summed E-state index contributed by atoms with van der Waals surface area (Å²) in [5.41, 5.74) is 0.848. The van der Waals surface area contributed by atoms with Crippen molar-refractivity contribution in [3.05, 3.63) is 48.0 Å². The van der Waals surface area contributed by atoms with E-state index in [2.05, 4.69) is 0 Å². The first kappa shape index (κ1) is 14.2. The van der Waals surface area contributed by atoms with E-state index in [0.717, 1.165) is 16.3 Å². The van der Waals surface area contributed by atoms with Crippen LogP contribution in [0.3, 0.4) is 0 Å². The third kappa shape index (κ3) is 2.89. The summed E-state index contributed by atoms with van der Waals surface area (Å²) in [6.07, 6.45) is 0.552. The van der Waals surface area contributed by atoms with Crippen molar-refractivity contribution in [2.75, 3.05) is 0 Å². The molecule has 0 fully saturated rings. The van der Waals surface area contributed by atoms with Gasteiger partial charge in [-0.2, -0.15) is 0 Å². The molecule has 0 saturated carbocycles. The molecule has 0 spiro atoms. The van der Waals surface area contributed by atoms with E-state index >= 15 is 0 Å². The molecule has 2 rings (SSSR count). The van der Waals surface area contributed by atoms with Gasteiger partial charge in [0.1, 0.15) is 0 Å². The zero-order valence-corrected chi connectivity index (χ0v) is 12.1. The molecule has 0 saturated heterocycles. The quantitative estimate of drug-likeness (QED) is 0.647. The van der Waals surface area contributed by atoms with Crippen LogP contribution in [0.15, 0.2) is 42.5 Å². The minimum Gasteiger partial charge on any atom is -0.549 e. The van der Waals surface area contributed by atoms with Crippen LogP contribution in [-0.4, -0.2) is 5.97 Å². The molecule has 82 valence electrons. The number of carboxylic acids is 1. The summed E-state index contributed by atoms with van der Waals surface area (Å²) < 4.78 is 0. The Balaban J connectivity index is 0.00000144. The van der Waals surface area contributed by atoms with Crippen molar-refractivity contribution in [2.45, 2.75) is 19.3 Å². The largest absolute Gasteiger partial charge is 1.00 e. The first-order valence-electron chi connectivity index (χ1n) is 5.42. The van der Waals surface area contributed by atoms with E-state index in [4.69, 9.17) is 0 Å². The molecule has 0 aliphatic carbocycles. The fraction of sp³-hybridized carbons (Fsp3) is 0.214. The van der Waals surface area contributed by atoms with E-state index < -0.39 is 11.9 Å². The van der Waals surface area contributed by atoms with Crippen LogP contribution >= 0.6 is 0 Å². The van der Waals surface area contributed by atoms with Crippen LogP contribution in [0, 0.1) is 0 Å². The molecule has 0 amide bonds. The van der Waals surface area contributed by atoms with Crippen LogP contribution in [0.2, 0.25) is 0 Å². The molecule has 0 radical (unpaired) electrons. The van der Waals surface area contributed by atoms with E-state index in [1.54, 1.807) is 0 Å². The fourth-order valence-corrected chi connectivity index (χ4v) is 2.07. The van der Waals surface area contributed by atoms with Crippen molar-refractivity contribution in [3.8, 4) is 0 Å². The minimum atomic E-state index is -1.00. The van der Waals surface area contributed by atoms with Crippen LogP contribution in [0.4, 0.5) is 0 Å². The summed E-state index contributed by atoms with van der Waals surface area (Å²) >= 11 is 0. The Hall–Kier alpha value is -0.830. The minimum absolute atomic E-state index is 0. The molecule has 0 bridgehead atoms. The molecule has 2 nitrogen and oxygen atoms in total. The monoisotopic (exact) mass is 236 g/mol. The summed E-state index contributed by atoms with van der Waals surface area (Å²) in [4.78, 5) is 11.1. The van der Waals surface area contributed by atoms with Gasteiger partial charge in [0, 0.05) is 11.9 Å². The number of carbonyl (C=O) groups excluding carboxylic acids is 1. The number of carbonyl (C=O) groups is 1. The number of carboxylic acid groups (broad SMARTS) is 1. The Morgan fingerprint density at radius 3 is 2.47 bits per heavy atom. The van der Waals surface area contributed by atoms with Gasteiger partial charge in [0.25, 0.3) is 0 Å². The number of hydrogen-bond acceptors (Lipinski definition) is 2. The number of benzene rings is 2. The van der Waals surface area contributed by atoms with Crippen LogP contribution in [-0.2, 0) is 4.79 Å². The first-order valence-corrected chi connectivity index (χ1v) is 5.42. The second-order valence-electron chi connectivity index (χ2n) is 3.85. The van der Waals surface area contributed by atoms with E-state index in [1.165, 1.54) is 0 Å². The van der Waals surface area contributed by atoms with Crippen LogP contribution in [0.1, 0.15) is 24.8 Å². The molecule has 2 aromatic rings. The maximum atomic E-state index is 11.1. The Morgan fingerprint density at radius 2 is 1.82 bits per heavy atom. The summed E-state index contributed by atoms with van der Waals surface area (Å²) in [5.74, 6) is -1.52. The van der Waals surface area contributed by atoms with Gasteiger partial charge >= 0.3 is 29.6 Å². The molecule has 0 aliphatic rings. The summed E-state index contributed by atoms with van der Waals surface area (Å²) in [7, 11) is 0. The predicted molar refractivity (Wildman–Crippen MR) is 62.0 cm³/mol. The molecular formula is C14H13NaO2. The molecule has 0 heterocycles. The molecule has 1 atom stereocenters. The van der Waals surface area contributed by atoms with Gasteiger partial charge in [0.15, 0.2) is 0 Å². The summed E-state index contributed by atoms with van der Waals surface area (Å²) in [6, 6.07) is 13.6. The normalized spacial score (nSPS) is 11.8. The van der Waals surface area contributed by atoms with Crippen molar-refractivity contribution in [1.29, 1.82) is 0 Å². The third-order valence-corrected chi connectivity index (χ3v) is 2.89. The van der Waals surface area contributed by atoms with Gasteiger partial charge in [0.05, 0.1) is 0 Å². The van der Waals surface area contributed by atoms with Gasteiger partial charge in [-0.25, -0.2) is 0 Å². The Kier molecular flexibility index (Phi) is 5.19. The van der Waals surface area contributed by atoms with Crippen molar-refractivity contribution in [1.82, 2.24) is 0 Å². The molecule has 0 aromatic heterocycles. The Bertz CT molecular complexity index is 517. The van der Waals surface area contributed by atoms with Gasteiger partial charge in [-0.15, -0.1) is 0 Å². The zero-order chi connectivity index (χ0) is 11.5. The van der Waals surface area contributed by atoms with E-state index in [-0.39, 0.29) is 29.6 Å². The second-order valence-corrected chi connectivity index (χ2v) is 3.85. The predicted octanol–water partition coefficient (Wildman–Crippen LogP) is -0.913. The van der Waals surface area contributed by atoms with E-state index in [0.29, 0.717) is 6.42 Å². The summed E-state index contributed by atoms with van der Waals surface area (Å²) in [5, 5.41) is 13.1. The SMILES string of the molecule is CCC(C(=O)[O-])c1cccc2ccccc12.[Na+]. The average Bonchev–Trinajstić information content (AvgIpc) is 2.30.